The predicted molar refractivity (Wildman–Crippen MR) is 125 cm³/mol. The summed E-state index contributed by atoms with van der Waals surface area (Å²) in [6.07, 6.45) is 0.563. The molecular weight excluding hydrogens is 430 g/mol. The first-order valence-electron chi connectivity index (χ1n) is 10.7. The second-order valence-electron chi connectivity index (χ2n) is 7.61. The molecule has 2 aromatic carbocycles. The third kappa shape index (κ3) is 6.37. The highest BCUT2D eigenvalue weighted by Crippen LogP contribution is 2.27. The summed E-state index contributed by atoms with van der Waals surface area (Å²) in [5.74, 6) is 1.03. The van der Waals surface area contributed by atoms with Crippen LogP contribution in [0.15, 0.2) is 48.5 Å². The van der Waals surface area contributed by atoms with E-state index in [2.05, 4.69) is 10.2 Å². The van der Waals surface area contributed by atoms with E-state index in [4.69, 9.17) is 9.47 Å². The zero-order chi connectivity index (χ0) is 23.0. The number of methoxy groups -OCH3 is 2. The molecule has 0 saturated carbocycles. The fourth-order valence-corrected chi connectivity index (χ4v) is 5.20. The van der Waals surface area contributed by atoms with Crippen molar-refractivity contribution in [2.75, 3.05) is 57.6 Å². The van der Waals surface area contributed by atoms with Crippen LogP contribution in [0.25, 0.3) is 0 Å². The zero-order valence-corrected chi connectivity index (χ0v) is 19.4. The molecule has 32 heavy (non-hydrogen) atoms. The molecule has 0 atom stereocenters. The lowest BCUT2D eigenvalue weighted by Crippen LogP contribution is -2.49. The lowest BCUT2D eigenvalue weighted by molar-refractivity contribution is -0.120. The highest BCUT2D eigenvalue weighted by Gasteiger charge is 2.26. The maximum Gasteiger partial charge on any atom is 0.224 e. The van der Waals surface area contributed by atoms with Gasteiger partial charge in [0.05, 0.1) is 26.4 Å². The van der Waals surface area contributed by atoms with Crippen LogP contribution in [-0.4, -0.2) is 71.3 Å². The average molecular weight is 462 g/mol. The Labute approximate surface area is 190 Å². The van der Waals surface area contributed by atoms with Gasteiger partial charge in [-0.15, -0.1) is 0 Å². The van der Waals surface area contributed by atoms with Gasteiger partial charge < -0.3 is 19.7 Å². The quantitative estimate of drug-likeness (QED) is 0.544. The van der Waals surface area contributed by atoms with Gasteiger partial charge >= 0.3 is 0 Å². The number of anilines is 1. The number of ether oxygens (including phenoxy) is 2. The molecule has 1 heterocycles. The number of benzene rings is 2. The maximum atomic E-state index is 12.7. The fourth-order valence-electron chi connectivity index (χ4n) is 3.71. The standard InChI is InChI=1S/C23H31N3O5S/c1-30-21-10-9-19(17-22(21)31-2)18-23(27)24-11-6-16-32(28,29)26-14-12-25(13-15-26)20-7-4-3-5-8-20/h3-5,7-10,17H,6,11-16,18H2,1-2H3,(H,24,27). The van der Waals surface area contributed by atoms with E-state index < -0.39 is 10.0 Å². The van der Waals surface area contributed by atoms with Gasteiger partial charge in [-0.05, 0) is 36.2 Å². The number of nitrogens with zero attached hydrogens (tertiary/aromatic N) is 2. The van der Waals surface area contributed by atoms with Crippen molar-refractivity contribution in [1.82, 2.24) is 9.62 Å². The minimum Gasteiger partial charge on any atom is -0.493 e. The van der Waals surface area contributed by atoms with Crippen molar-refractivity contribution in [3.8, 4) is 11.5 Å². The number of piperazine rings is 1. The number of para-hydroxylation sites is 1. The van der Waals surface area contributed by atoms with Gasteiger partial charge in [0, 0.05) is 38.4 Å². The summed E-state index contributed by atoms with van der Waals surface area (Å²) in [5.41, 5.74) is 1.91. The summed E-state index contributed by atoms with van der Waals surface area (Å²) >= 11 is 0. The highest BCUT2D eigenvalue weighted by molar-refractivity contribution is 7.89. The molecule has 8 nitrogen and oxygen atoms in total. The first-order valence-corrected chi connectivity index (χ1v) is 12.3. The van der Waals surface area contributed by atoms with E-state index in [0.29, 0.717) is 50.6 Å². The van der Waals surface area contributed by atoms with Crippen molar-refractivity contribution < 1.29 is 22.7 Å². The molecule has 0 aliphatic carbocycles. The van der Waals surface area contributed by atoms with Gasteiger partial charge in [0.2, 0.25) is 15.9 Å². The number of carbonyl (C=O) groups excluding carboxylic acids is 1. The van der Waals surface area contributed by atoms with Crippen LogP contribution in [0.3, 0.4) is 0 Å². The molecule has 3 rings (SSSR count). The van der Waals surface area contributed by atoms with Gasteiger partial charge in [-0.2, -0.15) is 4.31 Å². The summed E-state index contributed by atoms with van der Waals surface area (Å²) < 4.78 is 37.3. The average Bonchev–Trinajstić information content (AvgIpc) is 2.82. The van der Waals surface area contributed by atoms with Crippen LogP contribution in [0.4, 0.5) is 5.69 Å². The molecule has 0 aromatic heterocycles. The van der Waals surface area contributed by atoms with Crippen LogP contribution in [0.5, 0.6) is 11.5 Å². The van der Waals surface area contributed by atoms with E-state index in [1.807, 2.05) is 30.3 Å². The second-order valence-corrected chi connectivity index (χ2v) is 9.70. The Balaban J connectivity index is 1.40. The van der Waals surface area contributed by atoms with E-state index in [9.17, 15) is 13.2 Å². The number of hydrogen-bond donors (Lipinski definition) is 1. The molecule has 1 N–H and O–H groups in total. The van der Waals surface area contributed by atoms with E-state index in [1.165, 1.54) is 0 Å². The summed E-state index contributed by atoms with van der Waals surface area (Å²) in [5, 5.41) is 2.80. The van der Waals surface area contributed by atoms with Crippen LogP contribution in [0, 0.1) is 0 Å². The van der Waals surface area contributed by atoms with Crippen LogP contribution >= 0.6 is 0 Å². The fraction of sp³-hybridized carbons (Fsp3) is 0.435. The van der Waals surface area contributed by atoms with Gasteiger partial charge in [0.1, 0.15) is 0 Å². The van der Waals surface area contributed by atoms with Gasteiger partial charge in [-0.1, -0.05) is 24.3 Å². The number of rotatable bonds is 10. The van der Waals surface area contributed by atoms with E-state index in [1.54, 1.807) is 36.7 Å². The van der Waals surface area contributed by atoms with E-state index >= 15 is 0 Å². The molecule has 1 fully saturated rings. The Bertz CT molecular complexity index is 990. The molecule has 174 valence electrons. The predicted octanol–water partition coefficient (Wildman–Crippen LogP) is 1.90. The van der Waals surface area contributed by atoms with Crippen molar-refractivity contribution in [1.29, 1.82) is 0 Å². The number of amides is 1. The van der Waals surface area contributed by atoms with Gasteiger partial charge in [0.25, 0.3) is 0 Å². The number of hydrogen-bond acceptors (Lipinski definition) is 6. The van der Waals surface area contributed by atoms with Crippen molar-refractivity contribution in [2.45, 2.75) is 12.8 Å². The summed E-state index contributed by atoms with van der Waals surface area (Å²) in [6.45, 7) is 2.61. The molecule has 1 saturated heterocycles. The minimum atomic E-state index is -3.34. The number of nitrogens with one attached hydrogen (secondary N) is 1. The molecule has 0 spiro atoms. The van der Waals surface area contributed by atoms with E-state index in [-0.39, 0.29) is 18.1 Å². The maximum absolute atomic E-state index is 12.7. The van der Waals surface area contributed by atoms with E-state index in [0.717, 1.165) is 11.3 Å². The molecule has 0 bridgehead atoms. The van der Waals surface area contributed by atoms with Crippen LogP contribution < -0.4 is 19.7 Å². The van der Waals surface area contributed by atoms with Crippen molar-refractivity contribution >= 4 is 21.6 Å². The third-order valence-electron chi connectivity index (χ3n) is 5.47. The normalized spacial score (nSPS) is 14.8. The Morgan fingerprint density at radius 2 is 1.66 bits per heavy atom. The highest BCUT2D eigenvalue weighted by atomic mass is 32.2. The molecule has 1 aliphatic heterocycles. The van der Waals surface area contributed by atoms with Gasteiger partial charge in [-0.25, -0.2) is 8.42 Å². The lowest BCUT2D eigenvalue weighted by atomic mass is 10.1. The number of sulfonamides is 1. The Hall–Kier alpha value is -2.78. The number of carbonyl (C=O) groups is 1. The Kier molecular flexibility index (Phi) is 8.35. The first-order chi connectivity index (χ1) is 15.4. The van der Waals surface area contributed by atoms with Crippen molar-refractivity contribution in [3.63, 3.8) is 0 Å². The summed E-state index contributed by atoms with van der Waals surface area (Å²) in [6, 6.07) is 15.3. The largest absolute Gasteiger partial charge is 0.493 e. The summed E-state index contributed by atoms with van der Waals surface area (Å²) in [7, 11) is -0.235. The SMILES string of the molecule is COc1ccc(CC(=O)NCCCS(=O)(=O)N2CCN(c3ccccc3)CC2)cc1OC. The second kappa shape index (κ2) is 11.2. The Morgan fingerprint density at radius 3 is 2.31 bits per heavy atom. The molecule has 2 aromatic rings. The van der Waals surface area contributed by atoms with Crippen molar-refractivity contribution in [3.05, 3.63) is 54.1 Å². The molecule has 0 radical (unpaired) electrons. The monoisotopic (exact) mass is 461 g/mol. The Morgan fingerprint density at radius 1 is 0.969 bits per heavy atom. The molecule has 1 aliphatic rings. The lowest BCUT2D eigenvalue weighted by Gasteiger charge is -2.35. The summed E-state index contributed by atoms with van der Waals surface area (Å²) in [4.78, 5) is 14.4. The smallest absolute Gasteiger partial charge is 0.224 e. The van der Waals surface area contributed by atoms with Crippen LogP contribution in [-0.2, 0) is 21.2 Å². The van der Waals surface area contributed by atoms with Gasteiger partial charge in [-0.3, -0.25) is 4.79 Å². The van der Waals surface area contributed by atoms with Crippen molar-refractivity contribution in [2.24, 2.45) is 0 Å². The molecule has 0 unspecified atom stereocenters. The molecular formula is C23H31N3O5S. The van der Waals surface area contributed by atoms with Gasteiger partial charge in [0.15, 0.2) is 11.5 Å². The minimum absolute atomic E-state index is 0.0228. The zero-order valence-electron chi connectivity index (χ0n) is 18.6. The molecule has 9 heteroatoms. The molecule has 1 amide bonds. The third-order valence-corrected chi connectivity index (χ3v) is 7.42. The van der Waals surface area contributed by atoms with Crippen LogP contribution in [0.1, 0.15) is 12.0 Å². The van der Waals surface area contributed by atoms with Crippen LogP contribution in [0.2, 0.25) is 0 Å². The topological polar surface area (TPSA) is 88.2 Å². The first kappa shape index (κ1) is 23.9.